The summed E-state index contributed by atoms with van der Waals surface area (Å²) in [5, 5.41) is 3.03. The third-order valence-electron chi connectivity index (χ3n) is 2.86. The molecule has 1 aromatic rings. The Hall–Kier alpha value is -1.07. The van der Waals surface area contributed by atoms with E-state index in [1.165, 1.54) is 0 Å². The van der Waals surface area contributed by atoms with Gasteiger partial charge in [-0.25, -0.2) is 0 Å². The second-order valence-electron chi connectivity index (χ2n) is 4.53. The van der Waals surface area contributed by atoms with E-state index in [1.54, 1.807) is 12.1 Å². The fraction of sp³-hybridized carbons (Fsp3) is 0.571. The van der Waals surface area contributed by atoms with Gasteiger partial charge in [0.25, 0.3) is 0 Å². The third-order valence-corrected chi connectivity index (χ3v) is 2.86. The summed E-state index contributed by atoms with van der Waals surface area (Å²) in [5.74, 6) is 0. The molecule has 19 heavy (non-hydrogen) atoms. The maximum Gasteiger partial charge on any atom is 0.414 e. The monoisotopic (exact) mass is 275 g/mol. The molecule has 0 bridgehead atoms. The van der Waals surface area contributed by atoms with Gasteiger partial charge < -0.3 is 10.1 Å². The highest BCUT2D eigenvalue weighted by Crippen LogP contribution is 2.28. The fourth-order valence-corrected chi connectivity index (χ4v) is 1.62. The zero-order valence-corrected chi connectivity index (χ0v) is 11.4. The molecule has 0 radical (unpaired) electrons. The van der Waals surface area contributed by atoms with Crippen molar-refractivity contribution in [1.82, 2.24) is 5.32 Å². The molecule has 0 aliphatic carbocycles. The minimum atomic E-state index is -4.34. The first-order valence-electron chi connectivity index (χ1n) is 6.34. The van der Waals surface area contributed by atoms with E-state index in [-0.39, 0.29) is 0 Å². The SMILES string of the molecule is CCNCC(OC(C)C(F)(F)F)c1ccc(C)cc1. The van der Waals surface area contributed by atoms with Crippen LogP contribution >= 0.6 is 0 Å². The van der Waals surface area contributed by atoms with Crippen LogP contribution in [0, 0.1) is 6.92 Å². The number of halogens is 3. The van der Waals surface area contributed by atoms with Crippen molar-refractivity contribution in [3.8, 4) is 0 Å². The quantitative estimate of drug-likeness (QED) is 0.856. The smallest absolute Gasteiger partial charge is 0.360 e. The lowest BCUT2D eigenvalue weighted by molar-refractivity contribution is -0.227. The van der Waals surface area contributed by atoms with Gasteiger partial charge in [-0.1, -0.05) is 36.8 Å². The molecule has 0 fully saturated rings. The lowest BCUT2D eigenvalue weighted by Gasteiger charge is -2.24. The zero-order chi connectivity index (χ0) is 14.5. The lowest BCUT2D eigenvalue weighted by Crippen LogP contribution is -2.33. The molecule has 108 valence electrons. The molecule has 2 atom stereocenters. The van der Waals surface area contributed by atoms with Crippen LogP contribution in [0.1, 0.15) is 31.1 Å². The number of alkyl halides is 3. The van der Waals surface area contributed by atoms with E-state index in [0.29, 0.717) is 13.1 Å². The second kappa shape index (κ2) is 6.91. The molecule has 0 aliphatic rings. The molecule has 0 aliphatic heterocycles. The highest BCUT2D eigenvalue weighted by atomic mass is 19.4. The largest absolute Gasteiger partial charge is 0.414 e. The van der Waals surface area contributed by atoms with Crippen LogP contribution in [0.15, 0.2) is 24.3 Å². The van der Waals surface area contributed by atoms with Gasteiger partial charge in [0, 0.05) is 6.54 Å². The average Bonchev–Trinajstić information content (AvgIpc) is 2.34. The highest BCUT2D eigenvalue weighted by Gasteiger charge is 2.38. The number of hydrogen-bond acceptors (Lipinski definition) is 2. The summed E-state index contributed by atoms with van der Waals surface area (Å²) in [4.78, 5) is 0. The van der Waals surface area contributed by atoms with Gasteiger partial charge in [0.05, 0.1) is 6.10 Å². The second-order valence-corrected chi connectivity index (χ2v) is 4.53. The minimum Gasteiger partial charge on any atom is -0.360 e. The molecule has 0 heterocycles. The van der Waals surface area contributed by atoms with Crippen LogP contribution in [0.4, 0.5) is 13.2 Å². The van der Waals surface area contributed by atoms with Crippen molar-refractivity contribution < 1.29 is 17.9 Å². The highest BCUT2D eigenvalue weighted by molar-refractivity contribution is 5.23. The topological polar surface area (TPSA) is 21.3 Å². The van der Waals surface area contributed by atoms with Crippen molar-refractivity contribution in [1.29, 1.82) is 0 Å². The van der Waals surface area contributed by atoms with Crippen LogP contribution in [-0.4, -0.2) is 25.4 Å². The number of hydrogen-bond donors (Lipinski definition) is 1. The summed E-state index contributed by atoms with van der Waals surface area (Å²) < 4.78 is 42.9. The number of ether oxygens (including phenoxy) is 1. The molecule has 2 nitrogen and oxygen atoms in total. The Morgan fingerprint density at radius 3 is 2.26 bits per heavy atom. The Kier molecular flexibility index (Phi) is 5.82. The molecule has 1 rings (SSSR count). The van der Waals surface area contributed by atoms with Gasteiger partial charge in [-0.3, -0.25) is 0 Å². The standard InChI is InChI=1S/C14H20F3NO/c1-4-18-9-13(19-11(3)14(15,16)17)12-7-5-10(2)6-8-12/h5-8,11,13,18H,4,9H2,1-3H3. The van der Waals surface area contributed by atoms with Crippen molar-refractivity contribution in [2.45, 2.75) is 39.2 Å². The first-order chi connectivity index (χ1) is 8.84. The molecule has 1 aromatic carbocycles. The Morgan fingerprint density at radius 2 is 1.79 bits per heavy atom. The van der Waals surface area contributed by atoms with Gasteiger partial charge in [-0.15, -0.1) is 0 Å². The summed E-state index contributed by atoms with van der Waals surface area (Å²) in [6, 6.07) is 7.35. The fourth-order valence-electron chi connectivity index (χ4n) is 1.62. The number of nitrogens with one attached hydrogen (secondary N) is 1. The van der Waals surface area contributed by atoms with E-state index in [9.17, 15) is 13.2 Å². The van der Waals surface area contributed by atoms with Crippen LogP contribution in [0.3, 0.4) is 0 Å². The summed E-state index contributed by atoms with van der Waals surface area (Å²) >= 11 is 0. The number of aryl methyl sites for hydroxylation is 1. The van der Waals surface area contributed by atoms with Gasteiger partial charge in [-0.05, 0) is 26.0 Å². The zero-order valence-electron chi connectivity index (χ0n) is 11.4. The van der Waals surface area contributed by atoms with Crippen LogP contribution in [0.25, 0.3) is 0 Å². The summed E-state index contributed by atoms with van der Waals surface area (Å²) in [5.41, 5.74) is 1.82. The first kappa shape index (κ1) is 16.0. The molecule has 0 aromatic heterocycles. The van der Waals surface area contributed by atoms with Crippen LogP contribution < -0.4 is 5.32 Å². The van der Waals surface area contributed by atoms with Gasteiger partial charge in [0.15, 0.2) is 6.10 Å². The molecule has 0 saturated heterocycles. The molecule has 1 N–H and O–H groups in total. The van der Waals surface area contributed by atoms with Gasteiger partial charge >= 0.3 is 6.18 Å². The summed E-state index contributed by atoms with van der Waals surface area (Å²) in [6.45, 7) is 5.92. The molecule has 0 saturated carbocycles. The molecule has 2 unspecified atom stereocenters. The van der Waals surface area contributed by atoms with Crippen molar-refractivity contribution in [3.05, 3.63) is 35.4 Å². The third kappa shape index (κ3) is 5.20. The van der Waals surface area contributed by atoms with Crippen molar-refractivity contribution in [2.24, 2.45) is 0 Å². The Morgan fingerprint density at radius 1 is 1.21 bits per heavy atom. The van der Waals surface area contributed by atoms with E-state index in [0.717, 1.165) is 18.1 Å². The lowest BCUT2D eigenvalue weighted by atomic mass is 10.1. The minimum absolute atomic E-state index is 0.361. The number of rotatable bonds is 6. The predicted octanol–water partition coefficient (Wildman–Crippen LogP) is 3.61. The van der Waals surface area contributed by atoms with Gasteiger partial charge in [0.2, 0.25) is 0 Å². The van der Waals surface area contributed by atoms with Gasteiger partial charge in [0.1, 0.15) is 0 Å². The first-order valence-corrected chi connectivity index (χ1v) is 6.34. The summed E-state index contributed by atoms with van der Waals surface area (Å²) in [7, 11) is 0. The van der Waals surface area contributed by atoms with Crippen molar-refractivity contribution in [2.75, 3.05) is 13.1 Å². The maximum atomic E-state index is 12.6. The summed E-state index contributed by atoms with van der Waals surface area (Å²) in [6.07, 6.45) is -6.72. The van der Waals surface area contributed by atoms with Crippen molar-refractivity contribution >= 4 is 0 Å². The molecular weight excluding hydrogens is 255 g/mol. The van der Waals surface area contributed by atoms with Gasteiger partial charge in [-0.2, -0.15) is 13.2 Å². The number of likely N-dealkylation sites (N-methyl/N-ethyl adjacent to an activating group) is 1. The van der Waals surface area contributed by atoms with E-state index in [2.05, 4.69) is 5.32 Å². The Labute approximate surface area is 112 Å². The van der Waals surface area contributed by atoms with E-state index in [1.807, 2.05) is 26.0 Å². The predicted molar refractivity (Wildman–Crippen MR) is 69.1 cm³/mol. The van der Waals surface area contributed by atoms with Crippen LogP contribution in [-0.2, 0) is 4.74 Å². The van der Waals surface area contributed by atoms with E-state index < -0.39 is 18.4 Å². The molecular formula is C14H20F3NO. The molecule has 5 heteroatoms. The van der Waals surface area contributed by atoms with E-state index >= 15 is 0 Å². The number of benzene rings is 1. The average molecular weight is 275 g/mol. The molecule has 0 spiro atoms. The van der Waals surface area contributed by atoms with Crippen LogP contribution in [0.5, 0.6) is 0 Å². The van der Waals surface area contributed by atoms with Crippen LogP contribution in [0.2, 0.25) is 0 Å². The van der Waals surface area contributed by atoms with E-state index in [4.69, 9.17) is 4.74 Å². The Balaban J connectivity index is 2.79. The maximum absolute atomic E-state index is 12.6. The normalized spacial score (nSPS) is 15.3. The van der Waals surface area contributed by atoms with Crippen molar-refractivity contribution in [3.63, 3.8) is 0 Å². The Bertz CT molecular complexity index is 375. The molecule has 0 amide bonds.